The Hall–Kier alpha value is -1.69. The third kappa shape index (κ3) is 5.02. The van der Waals surface area contributed by atoms with Crippen molar-refractivity contribution in [1.82, 2.24) is 9.80 Å². The molecule has 28 heavy (non-hydrogen) atoms. The maximum atomic E-state index is 12.8. The molecule has 0 spiro atoms. The molecule has 1 fully saturated rings. The first-order chi connectivity index (χ1) is 13.4. The smallest absolute Gasteiger partial charge is 0.182 e. The Labute approximate surface area is 170 Å². The first-order valence-electron chi connectivity index (χ1n) is 10.2. The van der Waals surface area contributed by atoms with E-state index in [-0.39, 0.29) is 5.75 Å². The maximum absolute atomic E-state index is 12.8. The largest absolute Gasteiger partial charge is 0.296 e. The molecule has 0 radical (unpaired) electrons. The van der Waals surface area contributed by atoms with Crippen molar-refractivity contribution in [1.29, 1.82) is 0 Å². The summed E-state index contributed by atoms with van der Waals surface area (Å²) in [6.45, 7) is 10.7. The standard InChI is InChI=1S/C23H32N2O2S/c1-4-22-17-24(14-15-25(22)19(2)3)16-20-10-8-9-11-21(20)18-28(26,27)23-12-6-5-7-13-23/h5-13,19,22H,4,14-18H2,1-3H3. The zero-order valence-electron chi connectivity index (χ0n) is 17.2. The van der Waals surface area contributed by atoms with Gasteiger partial charge in [-0.15, -0.1) is 0 Å². The van der Waals surface area contributed by atoms with Gasteiger partial charge in [-0.1, -0.05) is 49.4 Å². The molecule has 5 heteroatoms. The van der Waals surface area contributed by atoms with Crippen LogP contribution in [-0.2, 0) is 22.1 Å². The van der Waals surface area contributed by atoms with Crippen LogP contribution < -0.4 is 0 Å². The summed E-state index contributed by atoms with van der Waals surface area (Å²) >= 11 is 0. The van der Waals surface area contributed by atoms with Crippen LogP contribution in [0.15, 0.2) is 59.5 Å². The molecule has 0 bridgehead atoms. The van der Waals surface area contributed by atoms with Crippen molar-refractivity contribution in [3.8, 4) is 0 Å². The molecule has 0 aliphatic carbocycles. The fourth-order valence-corrected chi connectivity index (χ4v) is 5.56. The van der Waals surface area contributed by atoms with Crippen molar-refractivity contribution < 1.29 is 8.42 Å². The minimum atomic E-state index is -3.34. The van der Waals surface area contributed by atoms with Gasteiger partial charge in [0, 0.05) is 38.3 Å². The number of piperazine rings is 1. The molecule has 2 aromatic carbocycles. The van der Waals surface area contributed by atoms with Crippen molar-refractivity contribution in [2.75, 3.05) is 19.6 Å². The molecule has 1 heterocycles. The molecule has 1 atom stereocenters. The van der Waals surface area contributed by atoms with Crippen LogP contribution in [0.4, 0.5) is 0 Å². The summed E-state index contributed by atoms with van der Waals surface area (Å²) in [5, 5.41) is 0. The van der Waals surface area contributed by atoms with Gasteiger partial charge < -0.3 is 0 Å². The highest BCUT2D eigenvalue weighted by Crippen LogP contribution is 2.22. The van der Waals surface area contributed by atoms with Gasteiger partial charge in [-0.25, -0.2) is 8.42 Å². The SMILES string of the molecule is CCC1CN(Cc2ccccc2CS(=O)(=O)c2ccccc2)CCN1C(C)C. The summed E-state index contributed by atoms with van der Waals surface area (Å²) in [4.78, 5) is 5.45. The summed E-state index contributed by atoms with van der Waals surface area (Å²) in [6.07, 6.45) is 1.14. The second-order valence-electron chi connectivity index (χ2n) is 7.97. The highest BCUT2D eigenvalue weighted by atomic mass is 32.2. The number of rotatable bonds is 7. The van der Waals surface area contributed by atoms with Crippen LogP contribution in [0, 0.1) is 0 Å². The minimum Gasteiger partial charge on any atom is -0.296 e. The van der Waals surface area contributed by atoms with Crippen LogP contribution in [0.2, 0.25) is 0 Å². The van der Waals surface area contributed by atoms with Gasteiger partial charge in [0.1, 0.15) is 0 Å². The van der Waals surface area contributed by atoms with Crippen molar-refractivity contribution in [3.05, 3.63) is 65.7 Å². The van der Waals surface area contributed by atoms with E-state index in [4.69, 9.17) is 0 Å². The molecule has 4 nitrogen and oxygen atoms in total. The van der Waals surface area contributed by atoms with E-state index in [2.05, 4.69) is 36.6 Å². The van der Waals surface area contributed by atoms with E-state index in [0.29, 0.717) is 17.0 Å². The molecule has 0 aromatic heterocycles. The molecule has 152 valence electrons. The summed E-state index contributed by atoms with van der Waals surface area (Å²) in [5.74, 6) is 0.0519. The predicted octanol–water partition coefficient (Wildman–Crippen LogP) is 3.97. The number of benzene rings is 2. The lowest BCUT2D eigenvalue weighted by atomic mass is 10.0. The van der Waals surface area contributed by atoms with Crippen molar-refractivity contribution in [2.24, 2.45) is 0 Å². The lowest BCUT2D eigenvalue weighted by molar-refractivity contribution is 0.0456. The summed E-state index contributed by atoms with van der Waals surface area (Å²) in [5.41, 5.74) is 2.03. The van der Waals surface area contributed by atoms with Crippen molar-refractivity contribution in [3.63, 3.8) is 0 Å². The lowest BCUT2D eigenvalue weighted by Crippen LogP contribution is -2.54. The molecule has 0 N–H and O–H groups in total. The van der Waals surface area contributed by atoms with Crippen LogP contribution in [0.3, 0.4) is 0 Å². The van der Waals surface area contributed by atoms with E-state index >= 15 is 0 Å². The number of nitrogens with zero attached hydrogens (tertiary/aromatic N) is 2. The fourth-order valence-electron chi connectivity index (χ4n) is 4.13. The lowest BCUT2D eigenvalue weighted by Gasteiger charge is -2.43. The quantitative estimate of drug-likeness (QED) is 0.705. The van der Waals surface area contributed by atoms with Crippen LogP contribution >= 0.6 is 0 Å². The van der Waals surface area contributed by atoms with E-state index in [0.717, 1.165) is 43.7 Å². The third-order valence-electron chi connectivity index (χ3n) is 5.71. The average molecular weight is 401 g/mol. The Bertz CT molecular complexity index is 865. The summed E-state index contributed by atoms with van der Waals surface area (Å²) in [7, 11) is -3.34. The van der Waals surface area contributed by atoms with Gasteiger partial charge >= 0.3 is 0 Å². The molecule has 3 rings (SSSR count). The first-order valence-corrected chi connectivity index (χ1v) is 11.9. The van der Waals surface area contributed by atoms with Gasteiger partial charge in [-0.3, -0.25) is 9.80 Å². The number of sulfone groups is 1. The summed E-state index contributed by atoms with van der Waals surface area (Å²) < 4.78 is 25.7. The molecule has 1 aliphatic rings. The van der Waals surface area contributed by atoms with Gasteiger partial charge in [0.25, 0.3) is 0 Å². The van der Waals surface area contributed by atoms with Gasteiger partial charge in [-0.2, -0.15) is 0 Å². The van der Waals surface area contributed by atoms with E-state index < -0.39 is 9.84 Å². The van der Waals surface area contributed by atoms with Crippen LogP contribution in [-0.4, -0.2) is 49.9 Å². The van der Waals surface area contributed by atoms with Gasteiger partial charge in [0.15, 0.2) is 9.84 Å². The second kappa shape index (κ2) is 9.21. The molecule has 2 aromatic rings. The van der Waals surface area contributed by atoms with Crippen LogP contribution in [0.1, 0.15) is 38.3 Å². The van der Waals surface area contributed by atoms with E-state index in [1.54, 1.807) is 24.3 Å². The normalized spacial score (nSPS) is 19.2. The van der Waals surface area contributed by atoms with Gasteiger partial charge in [-0.05, 0) is 43.5 Å². The summed E-state index contributed by atoms with van der Waals surface area (Å²) in [6, 6.07) is 17.8. The molecule has 0 saturated carbocycles. The molecular formula is C23H32N2O2S. The molecular weight excluding hydrogens is 368 g/mol. The van der Waals surface area contributed by atoms with Gasteiger partial charge in [0.2, 0.25) is 0 Å². The average Bonchev–Trinajstić information content (AvgIpc) is 2.69. The van der Waals surface area contributed by atoms with E-state index in [9.17, 15) is 8.42 Å². The monoisotopic (exact) mass is 400 g/mol. The Balaban J connectivity index is 1.75. The van der Waals surface area contributed by atoms with Crippen molar-refractivity contribution in [2.45, 2.75) is 56.5 Å². The van der Waals surface area contributed by atoms with E-state index in [1.807, 2.05) is 24.3 Å². The highest BCUT2D eigenvalue weighted by molar-refractivity contribution is 7.90. The first kappa shape index (κ1) is 21.0. The zero-order chi connectivity index (χ0) is 20.1. The Morgan fingerprint density at radius 1 is 0.964 bits per heavy atom. The van der Waals surface area contributed by atoms with Gasteiger partial charge in [0.05, 0.1) is 10.6 Å². The van der Waals surface area contributed by atoms with E-state index in [1.165, 1.54) is 0 Å². The zero-order valence-corrected chi connectivity index (χ0v) is 18.0. The minimum absolute atomic E-state index is 0.0519. The second-order valence-corrected chi connectivity index (χ2v) is 9.96. The molecule has 1 saturated heterocycles. The Morgan fingerprint density at radius 2 is 1.61 bits per heavy atom. The molecule has 0 amide bonds. The molecule has 1 aliphatic heterocycles. The number of hydrogen-bond donors (Lipinski definition) is 0. The van der Waals surface area contributed by atoms with Crippen LogP contribution in [0.25, 0.3) is 0 Å². The Kier molecular flexibility index (Phi) is 6.91. The topological polar surface area (TPSA) is 40.6 Å². The predicted molar refractivity (Wildman–Crippen MR) is 115 cm³/mol. The number of hydrogen-bond acceptors (Lipinski definition) is 4. The van der Waals surface area contributed by atoms with Crippen molar-refractivity contribution >= 4 is 9.84 Å². The fraction of sp³-hybridized carbons (Fsp3) is 0.478. The maximum Gasteiger partial charge on any atom is 0.182 e. The van der Waals surface area contributed by atoms with Crippen LogP contribution in [0.5, 0.6) is 0 Å². The molecule has 1 unspecified atom stereocenters. The highest BCUT2D eigenvalue weighted by Gasteiger charge is 2.28. The third-order valence-corrected chi connectivity index (χ3v) is 7.39. The Morgan fingerprint density at radius 3 is 2.25 bits per heavy atom.